The van der Waals surface area contributed by atoms with Gasteiger partial charge in [0.2, 0.25) is 0 Å². The molecule has 3 heteroatoms. The Hall–Kier alpha value is -1.61. The van der Waals surface area contributed by atoms with Gasteiger partial charge in [-0.1, -0.05) is 37.3 Å². The first-order chi connectivity index (χ1) is 9.40. The van der Waals surface area contributed by atoms with Gasteiger partial charge in [0, 0.05) is 24.0 Å². The van der Waals surface area contributed by atoms with Crippen LogP contribution in [0.15, 0.2) is 42.7 Å². The smallest absolute Gasteiger partial charge is 0.140 e. The minimum absolute atomic E-state index is 0.539. The summed E-state index contributed by atoms with van der Waals surface area (Å²) in [5.41, 5.74) is 1.20. The predicted octanol–water partition coefficient (Wildman–Crippen LogP) is 3.25. The van der Waals surface area contributed by atoms with Gasteiger partial charge in [-0.25, -0.2) is 4.98 Å². The van der Waals surface area contributed by atoms with Crippen LogP contribution in [0, 0.1) is 0 Å². The third-order valence-electron chi connectivity index (χ3n) is 4.00. The molecule has 1 saturated carbocycles. The van der Waals surface area contributed by atoms with Crippen LogP contribution in [0.5, 0.6) is 0 Å². The van der Waals surface area contributed by atoms with Crippen molar-refractivity contribution < 1.29 is 0 Å². The number of likely N-dealkylation sites (N-methyl/N-ethyl adjacent to an activating group) is 1. The van der Waals surface area contributed by atoms with Gasteiger partial charge in [0.05, 0.1) is 6.04 Å². The Morgan fingerprint density at radius 2 is 2.11 bits per heavy atom. The van der Waals surface area contributed by atoms with Gasteiger partial charge >= 0.3 is 0 Å². The maximum Gasteiger partial charge on any atom is 0.140 e. The molecule has 0 amide bonds. The summed E-state index contributed by atoms with van der Waals surface area (Å²) in [5.74, 6) is 1.09. The summed E-state index contributed by atoms with van der Waals surface area (Å²) in [5, 5.41) is 3.61. The molecule has 0 spiro atoms. The summed E-state index contributed by atoms with van der Waals surface area (Å²) in [4.78, 5) is 4.56. The van der Waals surface area contributed by atoms with Gasteiger partial charge in [-0.3, -0.25) is 0 Å². The zero-order valence-corrected chi connectivity index (χ0v) is 11.4. The predicted molar refractivity (Wildman–Crippen MR) is 78.0 cm³/mol. The van der Waals surface area contributed by atoms with Crippen LogP contribution in [-0.2, 0) is 0 Å². The maximum atomic E-state index is 4.56. The Kier molecular flexibility index (Phi) is 3.65. The molecule has 1 aliphatic rings. The number of hydrogen-bond acceptors (Lipinski definition) is 2. The molecule has 3 nitrogen and oxygen atoms in total. The molecule has 1 aliphatic carbocycles. The van der Waals surface area contributed by atoms with Crippen LogP contribution in [0.2, 0.25) is 0 Å². The molecule has 1 aromatic heterocycles. The largest absolute Gasteiger partial charge is 0.326 e. The summed E-state index contributed by atoms with van der Waals surface area (Å²) in [7, 11) is 0. The van der Waals surface area contributed by atoms with Crippen LogP contribution in [-0.4, -0.2) is 22.1 Å². The van der Waals surface area contributed by atoms with Gasteiger partial charge in [0.15, 0.2) is 0 Å². The zero-order valence-electron chi connectivity index (χ0n) is 11.4. The third-order valence-corrected chi connectivity index (χ3v) is 4.00. The standard InChI is InChI=1S/C16H21N3/c1-2-17-14-9-6-10-15(14)19-12-11-18-16(19)13-7-4-3-5-8-13/h3-5,7-8,11-12,14-15,17H,2,6,9-10H2,1H3. The van der Waals surface area contributed by atoms with Crippen LogP contribution in [0.25, 0.3) is 11.4 Å². The molecule has 3 rings (SSSR count). The molecule has 1 fully saturated rings. The van der Waals surface area contributed by atoms with E-state index in [4.69, 9.17) is 0 Å². The van der Waals surface area contributed by atoms with Crippen molar-refractivity contribution in [2.24, 2.45) is 0 Å². The van der Waals surface area contributed by atoms with E-state index >= 15 is 0 Å². The van der Waals surface area contributed by atoms with Crippen LogP contribution >= 0.6 is 0 Å². The molecule has 0 radical (unpaired) electrons. The maximum absolute atomic E-state index is 4.56. The van der Waals surface area contributed by atoms with Crippen molar-refractivity contribution in [3.63, 3.8) is 0 Å². The number of hydrogen-bond donors (Lipinski definition) is 1. The monoisotopic (exact) mass is 255 g/mol. The summed E-state index contributed by atoms with van der Waals surface area (Å²) < 4.78 is 2.36. The number of rotatable bonds is 4. The van der Waals surface area contributed by atoms with E-state index in [-0.39, 0.29) is 0 Å². The number of aromatic nitrogens is 2. The second-order valence-electron chi connectivity index (χ2n) is 5.19. The molecule has 0 bridgehead atoms. The quantitative estimate of drug-likeness (QED) is 0.909. The molecular weight excluding hydrogens is 234 g/mol. The van der Waals surface area contributed by atoms with E-state index in [1.165, 1.54) is 24.8 Å². The topological polar surface area (TPSA) is 29.9 Å². The van der Waals surface area contributed by atoms with Crippen molar-refractivity contribution in [3.05, 3.63) is 42.7 Å². The van der Waals surface area contributed by atoms with Crippen LogP contribution in [0.3, 0.4) is 0 Å². The summed E-state index contributed by atoms with van der Waals surface area (Å²) in [6.45, 7) is 3.22. The summed E-state index contributed by atoms with van der Waals surface area (Å²) >= 11 is 0. The highest BCUT2D eigenvalue weighted by Gasteiger charge is 2.29. The second-order valence-corrected chi connectivity index (χ2v) is 5.19. The zero-order chi connectivity index (χ0) is 13.1. The van der Waals surface area contributed by atoms with Crippen molar-refractivity contribution in [2.45, 2.75) is 38.3 Å². The molecule has 1 N–H and O–H groups in total. The second kappa shape index (κ2) is 5.57. The lowest BCUT2D eigenvalue weighted by molar-refractivity contribution is 0.402. The van der Waals surface area contributed by atoms with Crippen molar-refractivity contribution in [2.75, 3.05) is 6.54 Å². The van der Waals surface area contributed by atoms with Gasteiger partial charge in [-0.2, -0.15) is 0 Å². The molecule has 0 aliphatic heterocycles. The average molecular weight is 255 g/mol. The minimum Gasteiger partial charge on any atom is -0.326 e. The van der Waals surface area contributed by atoms with Crippen molar-refractivity contribution in [3.8, 4) is 11.4 Å². The molecule has 19 heavy (non-hydrogen) atoms. The number of imidazole rings is 1. The highest BCUT2D eigenvalue weighted by atomic mass is 15.1. The highest BCUT2D eigenvalue weighted by molar-refractivity contribution is 5.55. The Morgan fingerprint density at radius 3 is 2.89 bits per heavy atom. The van der Waals surface area contributed by atoms with E-state index in [0.717, 1.165) is 12.4 Å². The Bertz CT molecular complexity index is 518. The van der Waals surface area contributed by atoms with Crippen LogP contribution < -0.4 is 5.32 Å². The number of nitrogens with zero attached hydrogens (tertiary/aromatic N) is 2. The molecule has 100 valence electrons. The first-order valence-electron chi connectivity index (χ1n) is 7.21. The van der Waals surface area contributed by atoms with Gasteiger partial charge in [-0.05, 0) is 25.8 Å². The lowest BCUT2D eigenvalue weighted by Gasteiger charge is -2.23. The molecular formula is C16H21N3. The summed E-state index contributed by atoms with van der Waals surface area (Å²) in [6, 6.07) is 11.6. The van der Waals surface area contributed by atoms with Crippen molar-refractivity contribution in [1.29, 1.82) is 0 Å². The molecule has 2 unspecified atom stereocenters. The normalized spacial score (nSPS) is 22.8. The first kappa shape index (κ1) is 12.4. The van der Waals surface area contributed by atoms with Crippen molar-refractivity contribution >= 4 is 0 Å². The van der Waals surface area contributed by atoms with Gasteiger partial charge < -0.3 is 9.88 Å². The third kappa shape index (κ3) is 2.43. The Balaban J connectivity index is 1.92. The molecule has 1 aromatic carbocycles. The lowest BCUT2D eigenvalue weighted by atomic mass is 10.1. The van der Waals surface area contributed by atoms with Gasteiger partial charge in [0.25, 0.3) is 0 Å². The van der Waals surface area contributed by atoms with E-state index in [1.807, 2.05) is 12.3 Å². The minimum atomic E-state index is 0.539. The van der Waals surface area contributed by atoms with Gasteiger partial charge in [-0.15, -0.1) is 0 Å². The fraction of sp³-hybridized carbons (Fsp3) is 0.438. The van der Waals surface area contributed by atoms with E-state index in [0.29, 0.717) is 12.1 Å². The number of benzene rings is 1. The fourth-order valence-corrected chi connectivity index (χ4v) is 3.17. The van der Waals surface area contributed by atoms with Crippen LogP contribution in [0.1, 0.15) is 32.2 Å². The SMILES string of the molecule is CCNC1CCCC1n1ccnc1-c1ccccc1. The Labute approximate surface area is 114 Å². The average Bonchev–Trinajstić information content (AvgIpc) is 3.08. The van der Waals surface area contributed by atoms with Gasteiger partial charge in [0.1, 0.15) is 5.82 Å². The Morgan fingerprint density at radius 1 is 1.26 bits per heavy atom. The molecule has 0 saturated heterocycles. The molecule has 1 heterocycles. The fourth-order valence-electron chi connectivity index (χ4n) is 3.17. The van der Waals surface area contributed by atoms with E-state index < -0.39 is 0 Å². The number of nitrogens with one attached hydrogen (secondary N) is 1. The van der Waals surface area contributed by atoms with Crippen molar-refractivity contribution in [1.82, 2.24) is 14.9 Å². The van der Waals surface area contributed by atoms with Crippen LogP contribution in [0.4, 0.5) is 0 Å². The van der Waals surface area contributed by atoms with E-state index in [9.17, 15) is 0 Å². The molecule has 2 atom stereocenters. The lowest BCUT2D eigenvalue weighted by Crippen LogP contribution is -2.33. The van der Waals surface area contributed by atoms with E-state index in [2.05, 4.69) is 52.3 Å². The molecule has 2 aromatic rings. The highest BCUT2D eigenvalue weighted by Crippen LogP contribution is 2.33. The first-order valence-corrected chi connectivity index (χ1v) is 7.21. The van der Waals surface area contributed by atoms with E-state index in [1.54, 1.807) is 0 Å². The summed E-state index contributed by atoms with van der Waals surface area (Å²) in [6.07, 6.45) is 7.86.